The number of aromatic carboxylic acids is 1. The van der Waals surface area contributed by atoms with E-state index in [0.29, 0.717) is 5.82 Å². The SMILES string of the molecule is CC(C)Nc1cc(C(=O)O)cnn1. The van der Waals surface area contributed by atoms with Crippen LogP contribution in [-0.2, 0) is 0 Å². The lowest BCUT2D eigenvalue weighted by Crippen LogP contribution is -2.12. The molecule has 0 amide bonds. The van der Waals surface area contributed by atoms with Crippen molar-refractivity contribution in [3.63, 3.8) is 0 Å². The average Bonchev–Trinajstić information content (AvgIpc) is 2.03. The van der Waals surface area contributed by atoms with Crippen LogP contribution in [0.4, 0.5) is 5.82 Å². The van der Waals surface area contributed by atoms with Gasteiger partial charge in [-0.2, -0.15) is 5.10 Å². The molecule has 2 N–H and O–H groups in total. The molecule has 0 aliphatic carbocycles. The van der Waals surface area contributed by atoms with Gasteiger partial charge < -0.3 is 10.4 Å². The van der Waals surface area contributed by atoms with Crippen molar-refractivity contribution in [1.82, 2.24) is 10.2 Å². The summed E-state index contributed by atoms with van der Waals surface area (Å²) in [5.74, 6) is -0.517. The van der Waals surface area contributed by atoms with Gasteiger partial charge in [-0.15, -0.1) is 5.10 Å². The number of hydrogen-bond acceptors (Lipinski definition) is 4. The minimum atomic E-state index is -0.998. The third-order valence-corrected chi connectivity index (χ3v) is 1.34. The van der Waals surface area contributed by atoms with Crippen molar-refractivity contribution in [2.75, 3.05) is 5.32 Å². The summed E-state index contributed by atoms with van der Waals surface area (Å²) in [6, 6.07) is 1.66. The summed E-state index contributed by atoms with van der Waals surface area (Å²) in [6.45, 7) is 3.88. The summed E-state index contributed by atoms with van der Waals surface area (Å²) in [5, 5.41) is 18.9. The van der Waals surface area contributed by atoms with Gasteiger partial charge in [0.25, 0.3) is 0 Å². The van der Waals surface area contributed by atoms with Gasteiger partial charge in [0.05, 0.1) is 11.8 Å². The summed E-state index contributed by atoms with van der Waals surface area (Å²) >= 11 is 0. The molecule has 1 rings (SSSR count). The highest BCUT2D eigenvalue weighted by molar-refractivity contribution is 5.87. The Morgan fingerprint density at radius 2 is 2.31 bits per heavy atom. The van der Waals surface area contributed by atoms with Gasteiger partial charge >= 0.3 is 5.97 Å². The molecule has 0 spiro atoms. The molecule has 0 atom stereocenters. The first-order chi connectivity index (χ1) is 6.09. The highest BCUT2D eigenvalue weighted by Crippen LogP contribution is 2.05. The second kappa shape index (κ2) is 3.84. The zero-order valence-electron chi connectivity index (χ0n) is 7.48. The summed E-state index contributed by atoms with van der Waals surface area (Å²) in [6.07, 6.45) is 1.22. The van der Waals surface area contributed by atoms with Gasteiger partial charge in [0.15, 0.2) is 0 Å². The lowest BCUT2D eigenvalue weighted by molar-refractivity contribution is 0.0696. The van der Waals surface area contributed by atoms with Gasteiger partial charge in [-0.3, -0.25) is 0 Å². The van der Waals surface area contributed by atoms with Crippen LogP contribution in [0.2, 0.25) is 0 Å². The molecular weight excluding hydrogens is 170 g/mol. The molecule has 13 heavy (non-hydrogen) atoms. The predicted molar refractivity (Wildman–Crippen MR) is 47.8 cm³/mol. The predicted octanol–water partition coefficient (Wildman–Crippen LogP) is 0.995. The Balaban J connectivity index is 2.85. The Morgan fingerprint density at radius 1 is 1.62 bits per heavy atom. The smallest absolute Gasteiger partial charge is 0.337 e. The molecule has 0 aliphatic rings. The number of carboxylic acid groups (broad SMARTS) is 1. The lowest BCUT2D eigenvalue weighted by atomic mass is 10.3. The molecule has 1 aromatic rings. The number of anilines is 1. The van der Waals surface area contributed by atoms with E-state index in [1.165, 1.54) is 12.3 Å². The van der Waals surface area contributed by atoms with Gasteiger partial charge in [0.1, 0.15) is 5.82 Å². The second-order valence-corrected chi connectivity index (χ2v) is 2.93. The van der Waals surface area contributed by atoms with Gasteiger partial charge in [-0.1, -0.05) is 0 Å². The van der Waals surface area contributed by atoms with Crippen LogP contribution in [0, 0.1) is 0 Å². The normalized spacial score (nSPS) is 10.1. The van der Waals surface area contributed by atoms with Gasteiger partial charge in [-0.05, 0) is 19.9 Å². The third-order valence-electron chi connectivity index (χ3n) is 1.34. The zero-order chi connectivity index (χ0) is 9.84. The van der Waals surface area contributed by atoms with Crippen LogP contribution < -0.4 is 5.32 Å². The third kappa shape index (κ3) is 2.70. The molecule has 1 aromatic heterocycles. The number of carboxylic acids is 1. The van der Waals surface area contributed by atoms with E-state index < -0.39 is 5.97 Å². The molecule has 0 aliphatic heterocycles. The number of aromatic nitrogens is 2. The van der Waals surface area contributed by atoms with Crippen LogP contribution in [0.25, 0.3) is 0 Å². The van der Waals surface area contributed by atoms with Crippen molar-refractivity contribution in [1.29, 1.82) is 0 Å². The Morgan fingerprint density at radius 3 is 2.85 bits per heavy atom. The maximum absolute atomic E-state index is 10.5. The fraction of sp³-hybridized carbons (Fsp3) is 0.375. The number of nitrogens with zero attached hydrogens (tertiary/aromatic N) is 2. The van der Waals surface area contributed by atoms with Crippen molar-refractivity contribution in [3.05, 3.63) is 17.8 Å². The van der Waals surface area contributed by atoms with E-state index in [1.807, 2.05) is 13.8 Å². The fourth-order valence-corrected chi connectivity index (χ4v) is 0.850. The maximum atomic E-state index is 10.5. The minimum Gasteiger partial charge on any atom is -0.478 e. The zero-order valence-corrected chi connectivity index (χ0v) is 7.48. The Hall–Kier alpha value is -1.65. The minimum absolute atomic E-state index is 0.137. The number of rotatable bonds is 3. The van der Waals surface area contributed by atoms with Crippen molar-refractivity contribution >= 4 is 11.8 Å². The van der Waals surface area contributed by atoms with Crippen LogP contribution in [0.5, 0.6) is 0 Å². The largest absolute Gasteiger partial charge is 0.478 e. The van der Waals surface area contributed by atoms with Crippen molar-refractivity contribution in [2.24, 2.45) is 0 Å². The second-order valence-electron chi connectivity index (χ2n) is 2.93. The first-order valence-electron chi connectivity index (χ1n) is 3.92. The summed E-state index contributed by atoms with van der Waals surface area (Å²) in [7, 11) is 0. The quantitative estimate of drug-likeness (QED) is 0.727. The molecular formula is C8H11N3O2. The van der Waals surface area contributed by atoms with Crippen LogP contribution in [0.1, 0.15) is 24.2 Å². The van der Waals surface area contributed by atoms with E-state index in [0.717, 1.165) is 0 Å². The van der Waals surface area contributed by atoms with Gasteiger partial charge in [0.2, 0.25) is 0 Å². The standard InChI is InChI=1S/C8H11N3O2/c1-5(2)10-7-3-6(8(12)13)4-9-11-7/h3-5H,1-2H3,(H,10,11)(H,12,13). The van der Waals surface area contributed by atoms with E-state index in [1.54, 1.807) is 0 Å². The Labute approximate surface area is 75.8 Å². The Kier molecular flexibility index (Phi) is 2.79. The molecule has 5 heteroatoms. The highest BCUT2D eigenvalue weighted by Gasteiger charge is 2.05. The molecule has 70 valence electrons. The summed E-state index contributed by atoms with van der Waals surface area (Å²) in [4.78, 5) is 10.5. The van der Waals surface area contributed by atoms with Crippen LogP contribution in [0.3, 0.4) is 0 Å². The van der Waals surface area contributed by atoms with E-state index in [2.05, 4.69) is 15.5 Å². The molecule has 0 unspecified atom stereocenters. The van der Waals surface area contributed by atoms with E-state index in [4.69, 9.17) is 5.11 Å². The average molecular weight is 181 g/mol. The van der Waals surface area contributed by atoms with E-state index in [9.17, 15) is 4.79 Å². The van der Waals surface area contributed by atoms with Crippen LogP contribution >= 0.6 is 0 Å². The van der Waals surface area contributed by atoms with Crippen molar-refractivity contribution < 1.29 is 9.90 Å². The summed E-state index contributed by atoms with van der Waals surface area (Å²) < 4.78 is 0. The monoisotopic (exact) mass is 181 g/mol. The number of carbonyl (C=O) groups is 1. The maximum Gasteiger partial charge on any atom is 0.337 e. The van der Waals surface area contributed by atoms with Gasteiger partial charge in [0, 0.05) is 6.04 Å². The first kappa shape index (κ1) is 9.44. The van der Waals surface area contributed by atoms with Crippen molar-refractivity contribution in [2.45, 2.75) is 19.9 Å². The molecule has 0 aromatic carbocycles. The molecule has 0 fully saturated rings. The number of nitrogens with one attached hydrogen (secondary N) is 1. The molecule has 1 heterocycles. The highest BCUT2D eigenvalue weighted by atomic mass is 16.4. The topological polar surface area (TPSA) is 75.1 Å². The van der Waals surface area contributed by atoms with E-state index >= 15 is 0 Å². The molecule has 5 nitrogen and oxygen atoms in total. The molecule has 0 bridgehead atoms. The Bertz CT molecular complexity index is 312. The van der Waals surface area contributed by atoms with E-state index in [-0.39, 0.29) is 11.6 Å². The molecule has 0 saturated heterocycles. The first-order valence-corrected chi connectivity index (χ1v) is 3.92. The molecule has 0 saturated carbocycles. The van der Waals surface area contributed by atoms with Gasteiger partial charge in [-0.25, -0.2) is 4.79 Å². The van der Waals surface area contributed by atoms with Crippen LogP contribution in [-0.4, -0.2) is 27.3 Å². The number of hydrogen-bond donors (Lipinski definition) is 2. The fourth-order valence-electron chi connectivity index (χ4n) is 0.850. The van der Waals surface area contributed by atoms with Crippen LogP contribution in [0.15, 0.2) is 12.3 Å². The lowest BCUT2D eigenvalue weighted by Gasteiger charge is -2.07. The van der Waals surface area contributed by atoms with Crippen molar-refractivity contribution in [3.8, 4) is 0 Å². The summed E-state index contributed by atoms with van der Waals surface area (Å²) in [5.41, 5.74) is 0.137. The molecule has 0 radical (unpaired) electrons.